The fraction of sp³-hybridized carbons (Fsp3) is 0.320. The SMILES string of the molecule is Cc1ccc(-c2nc3sc(N(C)CC(=O)NCc4ccccc4)nn3c2NC(C)(C)C)cc1. The minimum absolute atomic E-state index is 0.0532. The molecule has 0 unspecified atom stereocenters. The number of nitrogens with zero attached hydrogens (tertiary/aromatic N) is 4. The molecule has 2 aromatic carbocycles. The number of carbonyl (C=O) groups excluding carboxylic acids is 1. The molecular formula is C25H30N6OS. The fourth-order valence-electron chi connectivity index (χ4n) is 3.41. The van der Waals surface area contributed by atoms with Gasteiger partial charge in [-0.25, -0.2) is 4.98 Å². The molecule has 4 aromatic rings. The number of aromatic nitrogens is 3. The standard InChI is InChI=1S/C25H30N6OS/c1-17-11-13-19(14-12-17)21-22(28-25(2,3)4)31-23(27-21)33-24(29-31)30(5)16-20(32)26-15-18-9-7-6-8-10-18/h6-14,28H,15-16H2,1-5H3,(H,26,32). The minimum atomic E-state index is -0.164. The second-order valence-corrected chi connectivity index (χ2v) is 10.2. The van der Waals surface area contributed by atoms with Crippen molar-refractivity contribution in [3.63, 3.8) is 0 Å². The monoisotopic (exact) mass is 462 g/mol. The highest BCUT2D eigenvalue weighted by Crippen LogP contribution is 2.34. The van der Waals surface area contributed by atoms with Gasteiger partial charge in [0.1, 0.15) is 5.69 Å². The number of amides is 1. The number of hydrogen-bond donors (Lipinski definition) is 2. The summed E-state index contributed by atoms with van der Waals surface area (Å²) in [6.07, 6.45) is 0. The van der Waals surface area contributed by atoms with E-state index in [1.165, 1.54) is 16.9 Å². The summed E-state index contributed by atoms with van der Waals surface area (Å²) in [5.41, 5.74) is 4.03. The molecule has 2 N–H and O–H groups in total. The summed E-state index contributed by atoms with van der Waals surface area (Å²) < 4.78 is 1.85. The third-order valence-electron chi connectivity index (χ3n) is 5.05. The van der Waals surface area contributed by atoms with Gasteiger partial charge < -0.3 is 15.5 Å². The van der Waals surface area contributed by atoms with Gasteiger partial charge in [0.05, 0.1) is 6.54 Å². The number of likely N-dealkylation sites (N-methyl/N-ethyl adjacent to an activating group) is 1. The molecule has 4 rings (SSSR count). The Bertz CT molecular complexity index is 1240. The van der Waals surface area contributed by atoms with E-state index in [2.05, 4.69) is 62.6 Å². The van der Waals surface area contributed by atoms with E-state index in [9.17, 15) is 4.79 Å². The second kappa shape index (κ2) is 9.23. The molecule has 2 aromatic heterocycles. The summed E-state index contributed by atoms with van der Waals surface area (Å²) in [4.78, 5) is 20.0. The molecular weight excluding hydrogens is 432 g/mol. The molecule has 0 radical (unpaired) electrons. The molecule has 2 heterocycles. The summed E-state index contributed by atoms with van der Waals surface area (Å²) in [5.74, 6) is 0.799. The zero-order chi connectivity index (χ0) is 23.6. The lowest BCUT2D eigenvalue weighted by Gasteiger charge is -2.22. The summed E-state index contributed by atoms with van der Waals surface area (Å²) in [5, 5.41) is 12.1. The molecule has 0 saturated carbocycles. The summed E-state index contributed by atoms with van der Waals surface area (Å²) in [6.45, 7) is 9.14. The van der Waals surface area contributed by atoms with E-state index in [0.29, 0.717) is 6.54 Å². The third-order valence-corrected chi connectivity index (χ3v) is 6.07. The largest absolute Gasteiger partial charge is 0.364 e. The lowest BCUT2D eigenvalue weighted by atomic mass is 10.1. The van der Waals surface area contributed by atoms with Crippen molar-refractivity contribution >= 4 is 33.2 Å². The Morgan fingerprint density at radius 1 is 1.09 bits per heavy atom. The lowest BCUT2D eigenvalue weighted by Crippen LogP contribution is -2.34. The molecule has 0 saturated heterocycles. The summed E-state index contributed by atoms with van der Waals surface area (Å²) >= 11 is 1.47. The first-order valence-electron chi connectivity index (χ1n) is 11.0. The van der Waals surface area contributed by atoms with Crippen LogP contribution in [0.25, 0.3) is 16.2 Å². The smallest absolute Gasteiger partial charge is 0.239 e. The fourth-order valence-corrected chi connectivity index (χ4v) is 4.27. The first-order chi connectivity index (χ1) is 15.7. The molecule has 172 valence electrons. The average molecular weight is 463 g/mol. The maximum absolute atomic E-state index is 12.5. The van der Waals surface area contributed by atoms with E-state index in [1.54, 1.807) is 0 Å². The Kier molecular flexibility index (Phi) is 6.37. The molecule has 7 nitrogen and oxygen atoms in total. The van der Waals surface area contributed by atoms with Gasteiger partial charge in [0.2, 0.25) is 16.0 Å². The minimum Gasteiger partial charge on any atom is -0.364 e. The van der Waals surface area contributed by atoms with E-state index in [1.807, 2.05) is 46.8 Å². The quantitative estimate of drug-likeness (QED) is 0.415. The van der Waals surface area contributed by atoms with Crippen LogP contribution in [0.3, 0.4) is 0 Å². The zero-order valence-electron chi connectivity index (χ0n) is 19.7. The maximum Gasteiger partial charge on any atom is 0.239 e. The van der Waals surface area contributed by atoms with Gasteiger partial charge in [0, 0.05) is 24.7 Å². The average Bonchev–Trinajstić information content (AvgIpc) is 3.32. The van der Waals surface area contributed by atoms with Crippen LogP contribution in [0.15, 0.2) is 54.6 Å². The van der Waals surface area contributed by atoms with Crippen LogP contribution in [0.2, 0.25) is 0 Å². The molecule has 0 atom stereocenters. The van der Waals surface area contributed by atoms with Gasteiger partial charge >= 0.3 is 0 Å². The van der Waals surface area contributed by atoms with Gasteiger partial charge in [-0.05, 0) is 33.3 Å². The number of rotatable bonds is 7. The maximum atomic E-state index is 12.5. The van der Waals surface area contributed by atoms with E-state index in [-0.39, 0.29) is 18.0 Å². The Morgan fingerprint density at radius 3 is 2.45 bits per heavy atom. The van der Waals surface area contributed by atoms with Crippen molar-refractivity contribution in [3.05, 3.63) is 65.7 Å². The van der Waals surface area contributed by atoms with E-state index < -0.39 is 0 Å². The number of nitrogens with one attached hydrogen (secondary N) is 2. The number of hydrogen-bond acceptors (Lipinski definition) is 6. The van der Waals surface area contributed by atoms with Crippen molar-refractivity contribution in [2.75, 3.05) is 23.8 Å². The van der Waals surface area contributed by atoms with Crippen LogP contribution in [0.4, 0.5) is 10.9 Å². The normalized spacial score (nSPS) is 11.5. The lowest BCUT2D eigenvalue weighted by molar-refractivity contribution is -0.119. The van der Waals surface area contributed by atoms with Crippen LogP contribution >= 0.6 is 11.3 Å². The molecule has 8 heteroatoms. The van der Waals surface area contributed by atoms with Gasteiger partial charge in [0.25, 0.3) is 0 Å². The van der Waals surface area contributed by atoms with Gasteiger partial charge in [-0.3, -0.25) is 4.79 Å². The number of fused-ring (bicyclic) bond motifs is 1. The molecule has 0 aliphatic rings. The third kappa shape index (κ3) is 5.51. The predicted octanol–water partition coefficient (Wildman–Crippen LogP) is 4.73. The second-order valence-electron chi connectivity index (χ2n) is 9.25. The van der Waals surface area contributed by atoms with Gasteiger partial charge in [0.15, 0.2) is 5.82 Å². The highest BCUT2D eigenvalue weighted by molar-refractivity contribution is 7.20. The van der Waals surface area contributed by atoms with Gasteiger partial charge in [-0.15, -0.1) is 5.10 Å². The van der Waals surface area contributed by atoms with Crippen molar-refractivity contribution in [2.45, 2.75) is 39.8 Å². The Hall–Kier alpha value is -3.39. The van der Waals surface area contributed by atoms with E-state index >= 15 is 0 Å². The van der Waals surface area contributed by atoms with E-state index in [4.69, 9.17) is 10.1 Å². The van der Waals surface area contributed by atoms with Crippen molar-refractivity contribution in [1.82, 2.24) is 19.9 Å². The summed E-state index contributed by atoms with van der Waals surface area (Å²) in [7, 11) is 1.87. The van der Waals surface area contributed by atoms with Crippen molar-refractivity contribution in [3.8, 4) is 11.3 Å². The number of carbonyl (C=O) groups is 1. The van der Waals surface area contributed by atoms with Gasteiger partial charge in [-0.2, -0.15) is 4.52 Å². The Balaban J connectivity index is 1.55. The topological polar surface area (TPSA) is 74.6 Å². The van der Waals surface area contributed by atoms with E-state index in [0.717, 1.165) is 32.7 Å². The van der Waals surface area contributed by atoms with Crippen LogP contribution in [0.1, 0.15) is 31.9 Å². The van der Waals surface area contributed by atoms with Crippen molar-refractivity contribution in [2.24, 2.45) is 0 Å². The van der Waals surface area contributed by atoms with Crippen LogP contribution in [-0.2, 0) is 11.3 Å². The number of aryl methyl sites for hydroxylation is 1. The summed E-state index contributed by atoms with van der Waals surface area (Å²) in [6, 6.07) is 18.2. The molecule has 1 amide bonds. The molecule has 0 bridgehead atoms. The first-order valence-corrected chi connectivity index (χ1v) is 11.8. The van der Waals surface area contributed by atoms with Crippen LogP contribution in [0, 0.1) is 6.92 Å². The zero-order valence-corrected chi connectivity index (χ0v) is 20.5. The highest BCUT2D eigenvalue weighted by Gasteiger charge is 2.23. The predicted molar refractivity (Wildman–Crippen MR) is 136 cm³/mol. The molecule has 0 aliphatic carbocycles. The van der Waals surface area contributed by atoms with Crippen molar-refractivity contribution in [1.29, 1.82) is 0 Å². The van der Waals surface area contributed by atoms with Crippen LogP contribution in [0.5, 0.6) is 0 Å². The molecule has 33 heavy (non-hydrogen) atoms. The number of anilines is 2. The van der Waals surface area contributed by atoms with Gasteiger partial charge in [-0.1, -0.05) is 71.5 Å². The Morgan fingerprint density at radius 2 is 1.79 bits per heavy atom. The number of benzene rings is 2. The van der Waals surface area contributed by atoms with Crippen LogP contribution in [-0.4, -0.2) is 39.6 Å². The molecule has 0 spiro atoms. The van der Waals surface area contributed by atoms with Crippen LogP contribution < -0.4 is 15.5 Å². The van der Waals surface area contributed by atoms with Crippen molar-refractivity contribution < 1.29 is 4.79 Å². The molecule has 0 fully saturated rings. The number of imidazole rings is 1. The Labute approximate surface area is 198 Å². The highest BCUT2D eigenvalue weighted by atomic mass is 32.1. The molecule has 0 aliphatic heterocycles. The first kappa shape index (κ1) is 22.8.